The second kappa shape index (κ2) is 10.2. The minimum absolute atomic E-state index is 0. The Morgan fingerprint density at radius 1 is 1.30 bits per heavy atom. The highest BCUT2D eigenvalue weighted by Gasteiger charge is 2.01. The first-order valence-electron chi connectivity index (χ1n) is 7.62. The number of rotatable bonds is 6. The molecule has 0 atom stereocenters. The van der Waals surface area contributed by atoms with Crippen LogP contribution >= 0.6 is 24.0 Å². The van der Waals surface area contributed by atoms with E-state index in [2.05, 4.69) is 70.7 Å². The van der Waals surface area contributed by atoms with Crippen molar-refractivity contribution < 1.29 is 0 Å². The van der Waals surface area contributed by atoms with Crippen LogP contribution in [0.4, 0.5) is 0 Å². The molecule has 6 nitrogen and oxygen atoms in total. The fourth-order valence-electron chi connectivity index (χ4n) is 2.09. The van der Waals surface area contributed by atoms with Crippen LogP contribution in [0.25, 0.3) is 0 Å². The van der Waals surface area contributed by atoms with Gasteiger partial charge in [-0.3, -0.25) is 0 Å². The van der Waals surface area contributed by atoms with Gasteiger partial charge >= 0.3 is 0 Å². The Kier molecular flexibility index (Phi) is 8.60. The van der Waals surface area contributed by atoms with Gasteiger partial charge in [0.25, 0.3) is 0 Å². The van der Waals surface area contributed by atoms with Crippen LogP contribution < -0.4 is 10.6 Å². The lowest BCUT2D eigenvalue weighted by atomic mass is 10.1. The third-order valence-corrected chi connectivity index (χ3v) is 2.99. The third kappa shape index (κ3) is 6.98. The SMILES string of the molecule is CCNC(=NCc1cccc(Cn2cncn2)c1)NC(C)C.I. The molecule has 2 N–H and O–H groups in total. The Balaban J connectivity index is 0.00000264. The lowest BCUT2D eigenvalue weighted by molar-refractivity contribution is 0.683. The molecule has 2 aromatic rings. The fraction of sp³-hybridized carbons (Fsp3) is 0.438. The zero-order valence-electron chi connectivity index (χ0n) is 13.9. The van der Waals surface area contributed by atoms with Crippen LogP contribution in [0.15, 0.2) is 41.9 Å². The molecule has 1 aromatic carbocycles. The van der Waals surface area contributed by atoms with Crippen LogP contribution in [-0.2, 0) is 13.1 Å². The first-order valence-corrected chi connectivity index (χ1v) is 7.62. The summed E-state index contributed by atoms with van der Waals surface area (Å²) >= 11 is 0. The molecule has 126 valence electrons. The van der Waals surface area contributed by atoms with Crippen molar-refractivity contribution in [3.05, 3.63) is 48.0 Å². The largest absolute Gasteiger partial charge is 0.357 e. The number of aliphatic imine (C=N–C) groups is 1. The summed E-state index contributed by atoms with van der Waals surface area (Å²) in [6, 6.07) is 8.75. The van der Waals surface area contributed by atoms with Crippen LogP contribution in [0, 0.1) is 0 Å². The number of hydrogen-bond acceptors (Lipinski definition) is 3. The van der Waals surface area contributed by atoms with E-state index in [-0.39, 0.29) is 24.0 Å². The average molecular weight is 428 g/mol. The van der Waals surface area contributed by atoms with Gasteiger partial charge in [-0.2, -0.15) is 5.10 Å². The normalized spacial score (nSPS) is 11.2. The van der Waals surface area contributed by atoms with Gasteiger partial charge < -0.3 is 10.6 Å². The van der Waals surface area contributed by atoms with Gasteiger partial charge in [-0.25, -0.2) is 14.7 Å². The molecule has 0 aliphatic rings. The highest BCUT2D eigenvalue weighted by molar-refractivity contribution is 14.0. The molecule has 0 amide bonds. The molecule has 0 saturated carbocycles. The molecular formula is C16H25IN6. The summed E-state index contributed by atoms with van der Waals surface area (Å²) in [5.41, 5.74) is 2.37. The van der Waals surface area contributed by atoms with Crippen LogP contribution in [0.1, 0.15) is 31.9 Å². The van der Waals surface area contributed by atoms with Crippen molar-refractivity contribution in [1.82, 2.24) is 25.4 Å². The number of aromatic nitrogens is 3. The van der Waals surface area contributed by atoms with E-state index >= 15 is 0 Å². The molecule has 0 aliphatic heterocycles. The van der Waals surface area contributed by atoms with Crippen molar-refractivity contribution in [2.45, 2.75) is 39.9 Å². The zero-order chi connectivity index (χ0) is 15.8. The van der Waals surface area contributed by atoms with Crippen LogP contribution in [0.5, 0.6) is 0 Å². The Morgan fingerprint density at radius 2 is 2.09 bits per heavy atom. The van der Waals surface area contributed by atoms with E-state index in [1.807, 2.05) is 4.68 Å². The number of hydrogen-bond donors (Lipinski definition) is 2. The summed E-state index contributed by atoms with van der Waals surface area (Å²) in [6.07, 6.45) is 3.27. The van der Waals surface area contributed by atoms with Gasteiger partial charge in [0.05, 0.1) is 13.1 Å². The maximum atomic E-state index is 4.62. The molecule has 0 unspecified atom stereocenters. The number of halogens is 1. The van der Waals surface area contributed by atoms with Gasteiger partial charge in [-0.1, -0.05) is 24.3 Å². The highest BCUT2D eigenvalue weighted by atomic mass is 127. The van der Waals surface area contributed by atoms with E-state index in [9.17, 15) is 0 Å². The van der Waals surface area contributed by atoms with Crippen molar-refractivity contribution in [2.75, 3.05) is 6.54 Å². The summed E-state index contributed by atoms with van der Waals surface area (Å²) in [7, 11) is 0. The summed E-state index contributed by atoms with van der Waals surface area (Å²) in [5, 5.41) is 10.7. The fourth-order valence-corrected chi connectivity index (χ4v) is 2.09. The second-order valence-electron chi connectivity index (χ2n) is 5.41. The van der Waals surface area contributed by atoms with Gasteiger partial charge in [0.2, 0.25) is 0 Å². The predicted octanol–water partition coefficient (Wildman–Crippen LogP) is 2.41. The summed E-state index contributed by atoms with van der Waals surface area (Å²) in [5.74, 6) is 0.846. The van der Waals surface area contributed by atoms with Crippen molar-refractivity contribution in [3.8, 4) is 0 Å². The van der Waals surface area contributed by atoms with Crippen LogP contribution in [0.2, 0.25) is 0 Å². The van der Waals surface area contributed by atoms with E-state index in [4.69, 9.17) is 0 Å². The molecule has 23 heavy (non-hydrogen) atoms. The maximum absolute atomic E-state index is 4.62. The van der Waals surface area contributed by atoms with Crippen molar-refractivity contribution >= 4 is 29.9 Å². The number of nitrogens with zero attached hydrogens (tertiary/aromatic N) is 4. The molecule has 0 saturated heterocycles. The van der Waals surface area contributed by atoms with E-state index in [0.29, 0.717) is 12.6 Å². The molecule has 0 fully saturated rings. The molecule has 1 aromatic heterocycles. The summed E-state index contributed by atoms with van der Waals surface area (Å²) in [6.45, 7) is 8.49. The molecule has 2 rings (SSSR count). The molecule has 0 aliphatic carbocycles. The monoisotopic (exact) mass is 428 g/mol. The van der Waals surface area contributed by atoms with Gasteiger partial charge in [0, 0.05) is 12.6 Å². The van der Waals surface area contributed by atoms with Gasteiger partial charge in [-0.05, 0) is 31.9 Å². The van der Waals surface area contributed by atoms with Crippen LogP contribution in [0.3, 0.4) is 0 Å². The maximum Gasteiger partial charge on any atom is 0.191 e. The Bertz CT molecular complexity index is 594. The average Bonchev–Trinajstić information content (AvgIpc) is 2.98. The lowest BCUT2D eigenvalue weighted by Crippen LogP contribution is -2.40. The molecule has 7 heteroatoms. The highest BCUT2D eigenvalue weighted by Crippen LogP contribution is 2.08. The Labute approximate surface area is 154 Å². The van der Waals surface area contributed by atoms with E-state index in [1.54, 1.807) is 12.7 Å². The first kappa shape index (κ1) is 19.4. The summed E-state index contributed by atoms with van der Waals surface area (Å²) < 4.78 is 1.81. The van der Waals surface area contributed by atoms with Gasteiger partial charge in [-0.15, -0.1) is 24.0 Å². The standard InChI is InChI=1S/C16H24N6.HI/c1-4-18-16(21-13(2)3)19-9-14-6-5-7-15(8-14)10-22-12-17-11-20-22;/h5-8,11-13H,4,9-10H2,1-3H3,(H2,18,19,21);1H. The predicted molar refractivity (Wildman–Crippen MR) is 104 cm³/mol. The number of guanidine groups is 1. The van der Waals surface area contributed by atoms with Gasteiger partial charge in [0.1, 0.15) is 12.7 Å². The quantitative estimate of drug-likeness (QED) is 0.422. The van der Waals surface area contributed by atoms with Gasteiger partial charge in [0.15, 0.2) is 5.96 Å². The smallest absolute Gasteiger partial charge is 0.191 e. The summed E-state index contributed by atoms with van der Waals surface area (Å²) in [4.78, 5) is 8.58. The minimum Gasteiger partial charge on any atom is -0.357 e. The Morgan fingerprint density at radius 3 is 2.74 bits per heavy atom. The molecule has 0 bridgehead atoms. The molecule has 0 spiro atoms. The topological polar surface area (TPSA) is 67.1 Å². The van der Waals surface area contributed by atoms with Crippen molar-refractivity contribution in [1.29, 1.82) is 0 Å². The zero-order valence-corrected chi connectivity index (χ0v) is 16.2. The van der Waals surface area contributed by atoms with Crippen molar-refractivity contribution in [3.63, 3.8) is 0 Å². The van der Waals surface area contributed by atoms with E-state index in [1.165, 1.54) is 11.1 Å². The molecule has 1 heterocycles. The molecule has 0 radical (unpaired) electrons. The number of nitrogens with one attached hydrogen (secondary N) is 2. The second-order valence-corrected chi connectivity index (χ2v) is 5.41. The van der Waals surface area contributed by atoms with E-state index in [0.717, 1.165) is 19.0 Å². The third-order valence-electron chi connectivity index (χ3n) is 2.99. The minimum atomic E-state index is 0. The van der Waals surface area contributed by atoms with Crippen molar-refractivity contribution in [2.24, 2.45) is 4.99 Å². The first-order chi connectivity index (χ1) is 10.7. The molecular weight excluding hydrogens is 403 g/mol. The number of benzene rings is 1. The lowest BCUT2D eigenvalue weighted by Gasteiger charge is -2.14. The van der Waals surface area contributed by atoms with Crippen LogP contribution in [-0.4, -0.2) is 33.3 Å². The Hall–Kier alpha value is -1.64. The van der Waals surface area contributed by atoms with E-state index < -0.39 is 0 Å².